The first-order valence-corrected chi connectivity index (χ1v) is 4.48. The fraction of sp³-hybridized carbons (Fsp3) is 0.800. The molecule has 0 radical (unpaired) electrons. The molecule has 2 bridgehead atoms. The third-order valence-corrected chi connectivity index (χ3v) is 3.32. The van der Waals surface area contributed by atoms with Gasteiger partial charge in [-0.05, 0) is 50.4 Å². The van der Waals surface area contributed by atoms with E-state index in [-0.39, 0.29) is 17.0 Å². The van der Waals surface area contributed by atoms with Crippen molar-refractivity contribution >= 4 is 17.0 Å². The topological polar surface area (TPSA) is 0 Å². The molecule has 0 heterocycles. The van der Waals surface area contributed by atoms with Crippen molar-refractivity contribution in [3.8, 4) is 0 Å². The van der Waals surface area contributed by atoms with Crippen molar-refractivity contribution in [1.29, 1.82) is 0 Å². The first-order valence-electron chi connectivity index (χ1n) is 4.48. The molecule has 0 spiro atoms. The molecule has 0 atom stereocenters. The summed E-state index contributed by atoms with van der Waals surface area (Å²) in [7, 11) is 0. The van der Waals surface area contributed by atoms with Gasteiger partial charge in [-0.1, -0.05) is 12.2 Å². The van der Waals surface area contributed by atoms with Gasteiger partial charge in [0, 0.05) is 0 Å². The van der Waals surface area contributed by atoms with Crippen LogP contribution in [0.5, 0.6) is 0 Å². The van der Waals surface area contributed by atoms with Gasteiger partial charge in [-0.2, -0.15) is 0 Å². The maximum atomic E-state index is 2.46. The summed E-state index contributed by atoms with van der Waals surface area (Å²) >= 11 is 0. The fourth-order valence-corrected chi connectivity index (χ4v) is 2.82. The number of allylic oxidation sites excluding steroid dienone is 2. The van der Waals surface area contributed by atoms with Gasteiger partial charge in [0.25, 0.3) is 0 Å². The van der Waals surface area contributed by atoms with Crippen molar-refractivity contribution in [3.05, 3.63) is 12.2 Å². The molecule has 64 valence electrons. The molecule has 0 unspecified atom stereocenters. The summed E-state index contributed by atoms with van der Waals surface area (Å²) in [6.45, 7) is 2.15. The highest BCUT2D eigenvalue weighted by Crippen LogP contribution is 2.54. The van der Waals surface area contributed by atoms with Crippen LogP contribution in [-0.2, 0) is 0 Å². The second-order valence-corrected chi connectivity index (χ2v) is 4.01. The summed E-state index contributed by atoms with van der Waals surface area (Å²) in [5, 5.41) is 0. The van der Waals surface area contributed by atoms with Crippen LogP contribution >= 0.6 is 17.0 Å². The van der Waals surface area contributed by atoms with Gasteiger partial charge in [-0.3, -0.25) is 0 Å². The van der Waals surface area contributed by atoms with Crippen LogP contribution in [0.1, 0.15) is 39.0 Å². The normalized spacial score (nSPS) is 41.4. The molecule has 11 heavy (non-hydrogen) atoms. The predicted octanol–water partition coefficient (Wildman–Crippen LogP) is 3.72. The van der Waals surface area contributed by atoms with E-state index in [1.165, 1.54) is 32.1 Å². The molecule has 0 aromatic heterocycles. The highest BCUT2D eigenvalue weighted by Gasteiger charge is 2.42. The van der Waals surface area contributed by atoms with Gasteiger partial charge in [0.1, 0.15) is 0 Å². The lowest BCUT2D eigenvalue weighted by Crippen LogP contribution is -2.08. The Balaban J connectivity index is 0.000000605. The number of fused-ring (bicyclic) bond motifs is 2. The zero-order chi connectivity index (χ0) is 7.03. The molecule has 0 amide bonds. The quantitative estimate of drug-likeness (QED) is 0.587. The van der Waals surface area contributed by atoms with Gasteiger partial charge in [-0.15, -0.1) is 17.0 Å². The summed E-state index contributed by atoms with van der Waals surface area (Å²) in [6, 6.07) is 0. The monoisotopic (exact) mass is 216 g/mol. The van der Waals surface area contributed by atoms with Crippen LogP contribution in [0.2, 0.25) is 0 Å². The van der Waals surface area contributed by atoms with Gasteiger partial charge in [0.2, 0.25) is 0 Å². The second kappa shape index (κ2) is 3.30. The van der Waals surface area contributed by atoms with E-state index in [1.54, 1.807) is 0 Å². The summed E-state index contributed by atoms with van der Waals surface area (Å²) in [6.07, 6.45) is 12.2. The van der Waals surface area contributed by atoms with Crippen LogP contribution < -0.4 is 0 Å². The summed E-state index contributed by atoms with van der Waals surface area (Å²) in [5.41, 5.74) is 0.680. The second-order valence-electron chi connectivity index (χ2n) is 4.01. The fourth-order valence-electron chi connectivity index (χ4n) is 2.82. The Morgan fingerprint density at radius 2 is 1.91 bits per heavy atom. The van der Waals surface area contributed by atoms with E-state index in [0.29, 0.717) is 5.41 Å². The van der Waals surface area contributed by atoms with E-state index in [9.17, 15) is 0 Å². The Morgan fingerprint density at radius 1 is 1.27 bits per heavy atom. The first kappa shape index (κ1) is 9.31. The van der Waals surface area contributed by atoms with E-state index < -0.39 is 0 Å². The smallest absolute Gasteiger partial charge is 0.0115 e. The lowest BCUT2D eigenvalue weighted by atomic mass is 9.84. The predicted molar refractivity (Wildman–Crippen MR) is 54.1 cm³/mol. The van der Waals surface area contributed by atoms with Gasteiger partial charge < -0.3 is 0 Å². The van der Waals surface area contributed by atoms with Crippen LogP contribution in [0.25, 0.3) is 0 Å². The molecule has 0 N–H and O–H groups in total. The molecular formula is C10H17Br. The van der Waals surface area contributed by atoms with Crippen LogP contribution in [0.4, 0.5) is 0 Å². The largest absolute Gasteiger partial charge is 0.114 e. The first-order chi connectivity index (χ1) is 4.85. The minimum Gasteiger partial charge on any atom is -0.114 e. The average Bonchev–Trinajstić information content (AvgIpc) is 2.46. The maximum absolute atomic E-state index is 2.46. The lowest BCUT2D eigenvalue weighted by Gasteiger charge is -2.21. The number of hydrogen-bond acceptors (Lipinski definition) is 0. The average molecular weight is 217 g/mol. The van der Waals surface area contributed by atoms with E-state index >= 15 is 0 Å². The van der Waals surface area contributed by atoms with Crippen molar-refractivity contribution in [2.45, 2.75) is 39.0 Å². The number of hydrogen-bond donors (Lipinski definition) is 0. The Bertz CT molecular complexity index is 152. The number of rotatable bonds is 1. The van der Waals surface area contributed by atoms with Crippen LogP contribution in [-0.4, -0.2) is 0 Å². The molecule has 0 nitrogen and oxygen atoms in total. The van der Waals surface area contributed by atoms with Crippen LogP contribution in [0.15, 0.2) is 12.2 Å². The number of halogens is 1. The van der Waals surface area contributed by atoms with Crippen LogP contribution in [0, 0.1) is 11.3 Å². The van der Waals surface area contributed by atoms with Gasteiger partial charge >= 0.3 is 0 Å². The van der Waals surface area contributed by atoms with Gasteiger partial charge in [-0.25, -0.2) is 0 Å². The molecule has 2 aliphatic carbocycles. The third kappa shape index (κ3) is 1.53. The SMILES string of the molecule is Br.CC=CC12CCC(CC1)C2. The molecule has 2 aliphatic rings. The molecule has 2 rings (SSSR count). The summed E-state index contributed by atoms with van der Waals surface area (Å²) in [5.74, 6) is 1.09. The van der Waals surface area contributed by atoms with Crippen molar-refractivity contribution in [2.75, 3.05) is 0 Å². The Kier molecular flexibility index (Phi) is 2.79. The van der Waals surface area contributed by atoms with E-state index in [2.05, 4.69) is 19.1 Å². The molecule has 0 aromatic rings. The molecule has 2 fully saturated rings. The Morgan fingerprint density at radius 3 is 2.27 bits per heavy atom. The highest BCUT2D eigenvalue weighted by molar-refractivity contribution is 8.93. The highest BCUT2D eigenvalue weighted by atomic mass is 79.9. The summed E-state index contributed by atoms with van der Waals surface area (Å²) in [4.78, 5) is 0. The van der Waals surface area contributed by atoms with E-state index in [0.717, 1.165) is 5.92 Å². The molecule has 2 saturated carbocycles. The van der Waals surface area contributed by atoms with Crippen LogP contribution in [0.3, 0.4) is 0 Å². The molecule has 0 aliphatic heterocycles. The lowest BCUT2D eigenvalue weighted by molar-refractivity contribution is 0.383. The molecule has 0 aromatic carbocycles. The van der Waals surface area contributed by atoms with Gasteiger partial charge in [0.05, 0.1) is 0 Å². The van der Waals surface area contributed by atoms with Gasteiger partial charge in [0.15, 0.2) is 0 Å². The Hall–Kier alpha value is 0.220. The zero-order valence-corrected chi connectivity index (χ0v) is 8.89. The van der Waals surface area contributed by atoms with E-state index in [1.807, 2.05) is 0 Å². The van der Waals surface area contributed by atoms with Crippen molar-refractivity contribution in [3.63, 3.8) is 0 Å². The van der Waals surface area contributed by atoms with Crippen molar-refractivity contribution < 1.29 is 0 Å². The van der Waals surface area contributed by atoms with Crippen molar-refractivity contribution in [1.82, 2.24) is 0 Å². The molecule has 1 heteroatoms. The summed E-state index contributed by atoms with van der Waals surface area (Å²) < 4.78 is 0. The maximum Gasteiger partial charge on any atom is -0.0115 e. The molecule has 0 saturated heterocycles. The Labute approximate surface area is 79.8 Å². The third-order valence-electron chi connectivity index (χ3n) is 3.32. The van der Waals surface area contributed by atoms with E-state index in [4.69, 9.17) is 0 Å². The minimum atomic E-state index is 0. The standard InChI is InChI=1S/C10H16.BrH/c1-2-5-10-6-3-9(8-10)4-7-10;/h2,5,9H,3-4,6-8H2,1H3;1H. The zero-order valence-electron chi connectivity index (χ0n) is 7.18. The minimum absolute atomic E-state index is 0. The van der Waals surface area contributed by atoms with Crippen molar-refractivity contribution in [2.24, 2.45) is 11.3 Å². The molecular weight excluding hydrogens is 200 g/mol.